The van der Waals surface area contributed by atoms with Gasteiger partial charge in [0.25, 0.3) is 0 Å². The molecule has 1 amide bonds. The standard InChI is InChI=1S/C14H17NO4S/c1-5-9-6-11-12(7-10(9)13(15)16)20(17,18)14(3,4)8(2)19-11/h6-7H,2,5H2,1,3-4H3,(H2,15,16). The number of primary amides is 1. The Labute approximate surface area is 118 Å². The Bertz CT molecular complexity index is 717. The van der Waals surface area contributed by atoms with Crippen LogP contribution in [-0.4, -0.2) is 19.1 Å². The molecule has 0 aliphatic carbocycles. The van der Waals surface area contributed by atoms with E-state index >= 15 is 0 Å². The molecule has 1 aromatic carbocycles. The van der Waals surface area contributed by atoms with Crippen molar-refractivity contribution in [1.82, 2.24) is 0 Å². The average Bonchev–Trinajstić information content (AvgIpc) is 2.35. The number of hydrogen-bond acceptors (Lipinski definition) is 4. The molecule has 5 nitrogen and oxygen atoms in total. The number of hydrogen-bond donors (Lipinski definition) is 1. The van der Waals surface area contributed by atoms with Crippen molar-refractivity contribution in [3.63, 3.8) is 0 Å². The third-order valence-corrected chi connectivity index (χ3v) is 6.15. The maximum atomic E-state index is 12.6. The lowest BCUT2D eigenvalue weighted by Gasteiger charge is -2.33. The minimum absolute atomic E-state index is 0.0131. The topological polar surface area (TPSA) is 86.5 Å². The number of nitrogens with two attached hydrogens (primary N) is 1. The normalized spacial score (nSPS) is 19.1. The monoisotopic (exact) mass is 295 g/mol. The second-order valence-corrected chi connectivity index (χ2v) is 7.68. The summed E-state index contributed by atoms with van der Waals surface area (Å²) in [5, 5.41) is 0. The smallest absolute Gasteiger partial charge is 0.249 e. The van der Waals surface area contributed by atoms with Crippen LogP contribution >= 0.6 is 0 Å². The number of fused-ring (bicyclic) bond motifs is 1. The Morgan fingerprint density at radius 3 is 2.50 bits per heavy atom. The number of carbonyl (C=O) groups excluding carboxylic acids is 1. The van der Waals surface area contributed by atoms with Crippen molar-refractivity contribution < 1.29 is 17.9 Å². The van der Waals surface area contributed by atoms with Crippen molar-refractivity contribution in [3.8, 4) is 5.75 Å². The third-order valence-electron chi connectivity index (χ3n) is 3.68. The van der Waals surface area contributed by atoms with Crippen LogP contribution in [0.1, 0.15) is 36.7 Å². The zero-order valence-electron chi connectivity index (χ0n) is 11.7. The van der Waals surface area contributed by atoms with Crippen LogP contribution in [0.5, 0.6) is 5.75 Å². The molecule has 2 N–H and O–H groups in total. The van der Waals surface area contributed by atoms with Gasteiger partial charge in [0.05, 0.1) is 0 Å². The molecule has 0 spiro atoms. The first-order valence-electron chi connectivity index (χ1n) is 6.21. The Balaban J connectivity index is 2.82. The van der Waals surface area contributed by atoms with Gasteiger partial charge in [0.2, 0.25) is 5.91 Å². The summed E-state index contributed by atoms with van der Waals surface area (Å²) in [6.45, 7) is 8.57. The van der Waals surface area contributed by atoms with Gasteiger partial charge < -0.3 is 10.5 Å². The van der Waals surface area contributed by atoms with E-state index in [2.05, 4.69) is 6.58 Å². The Hall–Kier alpha value is -1.82. The molecule has 0 radical (unpaired) electrons. The molecular formula is C14H17NO4S. The van der Waals surface area contributed by atoms with E-state index in [1.807, 2.05) is 6.92 Å². The van der Waals surface area contributed by atoms with Crippen molar-refractivity contribution in [2.24, 2.45) is 5.73 Å². The van der Waals surface area contributed by atoms with Crippen molar-refractivity contribution in [2.75, 3.05) is 0 Å². The van der Waals surface area contributed by atoms with E-state index in [1.54, 1.807) is 6.07 Å². The molecule has 0 fully saturated rings. The van der Waals surface area contributed by atoms with Crippen LogP contribution < -0.4 is 10.5 Å². The summed E-state index contributed by atoms with van der Waals surface area (Å²) in [6, 6.07) is 2.85. The number of rotatable bonds is 2. The molecule has 6 heteroatoms. The highest BCUT2D eigenvalue weighted by molar-refractivity contribution is 7.93. The summed E-state index contributed by atoms with van der Waals surface area (Å²) in [5.74, 6) is -0.280. The molecule has 20 heavy (non-hydrogen) atoms. The lowest BCUT2D eigenvalue weighted by atomic mass is 10.0. The lowest BCUT2D eigenvalue weighted by molar-refractivity contribution is 0.0999. The number of benzene rings is 1. The number of sulfone groups is 1. The fourth-order valence-electron chi connectivity index (χ4n) is 2.09. The second-order valence-electron chi connectivity index (χ2n) is 5.21. The quantitative estimate of drug-likeness (QED) is 0.901. The van der Waals surface area contributed by atoms with E-state index < -0.39 is 20.5 Å². The predicted octanol–water partition coefficient (Wildman–Crippen LogP) is 1.81. The van der Waals surface area contributed by atoms with Crippen LogP contribution in [-0.2, 0) is 16.3 Å². The molecule has 2 rings (SSSR count). The molecule has 0 saturated heterocycles. The molecule has 1 aromatic rings. The van der Waals surface area contributed by atoms with Gasteiger partial charge in [-0.15, -0.1) is 0 Å². The third kappa shape index (κ3) is 1.83. The van der Waals surface area contributed by atoms with Gasteiger partial charge in [-0.05, 0) is 38.0 Å². The highest BCUT2D eigenvalue weighted by Gasteiger charge is 2.46. The van der Waals surface area contributed by atoms with E-state index in [4.69, 9.17) is 10.5 Å². The summed E-state index contributed by atoms with van der Waals surface area (Å²) in [6.07, 6.45) is 0.546. The molecular weight excluding hydrogens is 278 g/mol. The van der Waals surface area contributed by atoms with Crippen LogP contribution in [0.2, 0.25) is 0 Å². The SMILES string of the molecule is C=C1Oc2cc(CC)c(C(N)=O)cc2S(=O)(=O)C1(C)C. The number of aryl methyl sites for hydroxylation is 1. The molecule has 1 aliphatic rings. The first-order valence-corrected chi connectivity index (χ1v) is 7.69. The first kappa shape index (κ1) is 14.6. The zero-order chi connectivity index (χ0) is 15.3. The summed E-state index contributed by atoms with van der Waals surface area (Å²) in [7, 11) is -3.68. The van der Waals surface area contributed by atoms with Gasteiger partial charge in [0.15, 0.2) is 9.84 Å². The van der Waals surface area contributed by atoms with Gasteiger partial charge in [-0.2, -0.15) is 0 Å². The second kappa shape index (κ2) is 4.34. The minimum Gasteiger partial charge on any atom is -0.459 e. The fraction of sp³-hybridized carbons (Fsp3) is 0.357. The predicted molar refractivity (Wildman–Crippen MR) is 75.4 cm³/mol. The van der Waals surface area contributed by atoms with E-state index in [1.165, 1.54) is 19.9 Å². The van der Waals surface area contributed by atoms with Gasteiger partial charge in [-0.1, -0.05) is 13.5 Å². The van der Waals surface area contributed by atoms with Crippen LogP contribution in [0.25, 0.3) is 0 Å². The van der Waals surface area contributed by atoms with Gasteiger partial charge >= 0.3 is 0 Å². The van der Waals surface area contributed by atoms with Crippen molar-refractivity contribution in [2.45, 2.75) is 36.8 Å². The summed E-state index contributed by atoms with van der Waals surface area (Å²) in [5.41, 5.74) is 6.18. The van der Waals surface area contributed by atoms with E-state index in [-0.39, 0.29) is 22.0 Å². The number of carbonyl (C=O) groups is 1. The summed E-state index contributed by atoms with van der Waals surface area (Å²) < 4.78 is 29.5. The minimum atomic E-state index is -3.68. The molecule has 0 bridgehead atoms. The number of ether oxygens (including phenoxy) is 1. The fourth-order valence-corrected chi connectivity index (χ4v) is 3.62. The maximum absolute atomic E-state index is 12.6. The van der Waals surface area contributed by atoms with E-state index in [9.17, 15) is 13.2 Å². The Morgan fingerprint density at radius 2 is 2.00 bits per heavy atom. The summed E-state index contributed by atoms with van der Waals surface area (Å²) in [4.78, 5) is 11.5. The Morgan fingerprint density at radius 1 is 1.40 bits per heavy atom. The highest BCUT2D eigenvalue weighted by Crippen LogP contribution is 2.43. The highest BCUT2D eigenvalue weighted by atomic mass is 32.2. The van der Waals surface area contributed by atoms with Crippen molar-refractivity contribution >= 4 is 15.7 Å². The first-order chi connectivity index (χ1) is 9.12. The molecule has 1 aliphatic heterocycles. The van der Waals surface area contributed by atoms with Gasteiger partial charge in [-0.25, -0.2) is 8.42 Å². The van der Waals surface area contributed by atoms with Gasteiger partial charge in [-0.3, -0.25) is 4.79 Å². The molecule has 0 atom stereocenters. The molecule has 0 unspecified atom stereocenters. The zero-order valence-corrected chi connectivity index (χ0v) is 12.5. The van der Waals surface area contributed by atoms with Crippen LogP contribution in [0.3, 0.4) is 0 Å². The molecule has 0 saturated carbocycles. The van der Waals surface area contributed by atoms with Gasteiger partial charge in [0, 0.05) is 5.56 Å². The summed E-state index contributed by atoms with van der Waals surface area (Å²) >= 11 is 0. The largest absolute Gasteiger partial charge is 0.459 e. The van der Waals surface area contributed by atoms with Crippen LogP contribution in [0, 0.1) is 0 Å². The van der Waals surface area contributed by atoms with Gasteiger partial charge in [0.1, 0.15) is 21.2 Å². The molecule has 1 heterocycles. The van der Waals surface area contributed by atoms with E-state index in [0.29, 0.717) is 12.0 Å². The van der Waals surface area contributed by atoms with Crippen LogP contribution in [0.15, 0.2) is 29.4 Å². The molecule has 108 valence electrons. The van der Waals surface area contributed by atoms with Crippen molar-refractivity contribution in [1.29, 1.82) is 0 Å². The van der Waals surface area contributed by atoms with Crippen molar-refractivity contribution in [3.05, 3.63) is 35.6 Å². The van der Waals surface area contributed by atoms with Crippen LogP contribution in [0.4, 0.5) is 0 Å². The molecule has 0 aromatic heterocycles. The van der Waals surface area contributed by atoms with E-state index in [0.717, 1.165) is 0 Å². The number of amides is 1. The average molecular weight is 295 g/mol. The Kier molecular flexibility index (Phi) is 3.17. The maximum Gasteiger partial charge on any atom is 0.249 e. The lowest BCUT2D eigenvalue weighted by Crippen LogP contribution is -2.39.